The van der Waals surface area contributed by atoms with Gasteiger partial charge in [0, 0.05) is 23.2 Å². The van der Waals surface area contributed by atoms with Crippen molar-refractivity contribution in [1.29, 1.82) is 0 Å². The van der Waals surface area contributed by atoms with E-state index in [1.807, 2.05) is 13.0 Å². The van der Waals surface area contributed by atoms with Gasteiger partial charge in [0.05, 0.1) is 6.54 Å². The first-order valence-electron chi connectivity index (χ1n) is 9.60. The second kappa shape index (κ2) is 6.36. The standard InChI is InChI=1S/C21H27NO4.ClH/c1-19-7-5-13(23)9-12(19)3-4-14-15-6-8-21(26,17(25)11-22)20(15,2)10-16(24)18(14)19;/h5,7,9,14-15,18,26H,3-4,6,8,10-11,22H2,1-2H3;1H/t14-,15-,18+,19-,20-,21-;/m0./s1. The lowest BCUT2D eigenvalue weighted by Crippen LogP contribution is -2.61. The van der Waals surface area contributed by atoms with Crippen LogP contribution < -0.4 is 5.73 Å². The number of halogens is 1. The molecule has 148 valence electrons. The first-order valence-corrected chi connectivity index (χ1v) is 9.60. The van der Waals surface area contributed by atoms with Crippen LogP contribution in [0.5, 0.6) is 0 Å². The zero-order valence-electron chi connectivity index (χ0n) is 15.9. The second-order valence-electron chi connectivity index (χ2n) is 9.06. The number of aliphatic hydroxyl groups is 1. The molecule has 27 heavy (non-hydrogen) atoms. The number of carbonyl (C=O) groups is 3. The summed E-state index contributed by atoms with van der Waals surface area (Å²) in [6, 6.07) is 0. The van der Waals surface area contributed by atoms with Gasteiger partial charge in [-0.1, -0.05) is 25.5 Å². The van der Waals surface area contributed by atoms with Gasteiger partial charge in [-0.2, -0.15) is 0 Å². The van der Waals surface area contributed by atoms with Crippen molar-refractivity contribution in [2.45, 2.75) is 51.6 Å². The molecule has 6 heteroatoms. The molecule has 0 heterocycles. The number of allylic oxidation sites excluding steroid dienone is 4. The first kappa shape index (κ1) is 20.4. The van der Waals surface area contributed by atoms with E-state index < -0.39 is 16.4 Å². The van der Waals surface area contributed by atoms with Crippen LogP contribution in [0.15, 0.2) is 23.8 Å². The topological polar surface area (TPSA) is 97.5 Å². The number of nitrogens with two attached hydrogens (primary N) is 1. The molecule has 0 aromatic carbocycles. The van der Waals surface area contributed by atoms with Gasteiger partial charge in [-0.25, -0.2) is 0 Å². The van der Waals surface area contributed by atoms with E-state index >= 15 is 0 Å². The van der Waals surface area contributed by atoms with Crippen molar-refractivity contribution in [2.24, 2.45) is 34.3 Å². The molecule has 3 saturated carbocycles. The van der Waals surface area contributed by atoms with E-state index in [1.54, 1.807) is 12.2 Å². The Morgan fingerprint density at radius 1 is 1.30 bits per heavy atom. The van der Waals surface area contributed by atoms with Gasteiger partial charge in [0.15, 0.2) is 11.6 Å². The van der Waals surface area contributed by atoms with Gasteiger partial charge < -0.3 is 10.8 Å². The summed E-state index contributed by atoms with van der Waals surface area (Å²) in [5.74, 6) is -0.186. The van der Waals surface area contributed by atoms with Gasteiger partial charge in [0.25, 0.3) is 0 Å². The number of carbonyl (C=O) groups excluding carboxylic acids is 3. The molecule has 5 nitrogen and oxygen atoms in total. The molecule has 3 N–H and O–H groups in total. The number of hydrogen-bond acceptors (Lipinski definition) is 5. The van der Waals surface area contributed by atoms with Crippen molar-refractivity contribution in [3.05, 3.63) is 23.8 Å². The summed E-state index contributed by atoms with van der Waals surface area (Å²) >= 11 is 0. The van der Waals surface area contributed by atoms with Crippen LogP contribution in [-0.4, -0.2) is 34.6 Å². The van der Waals surface area contributed by atoms with Crippen molar-refractivity contribution in [1.82, 2.24) is 0 Å². The Morgan fingerprint density at radius 2 is 2.00 bits per heavy atom. The quantitative estimate of drug-likeness (QED) is 0.749. The van der Waals surface area contributed by atoms with Gasteiger partial charge in [-0.15, -0.1) is 12.4 Å². The molecule has 0 radical (unpaired) electrons. The maximum absolute atomic E-state index is 13.3. The number of hydrogen-bond donors (Lipinski definition) is 2. The van der Waals surface area contributed by atoms with E-state index in [4.69, 9.17) is 5.73 Å². The van der Waals surface area contributed by atoms with E-state index in [1.165, 1.54) is 0 Å². The summed E-state index contributed by atoms with van der Waals surface area (Å²) in [7, 11) is 0. The molecule has 4 aliphatic carbocycles. The molecule has 0 amide bonds. The molecule has 6 atom stereocenters. The molecule has 0 spiro atoms. The van der Waals surface area contributed by atoms with Crippen LogP contribution in [0.3, 0.4) is 0 Å². The third-order valence-corrected chi connectivity index (χ3v) is 8.06. The Balaban J connectivity index is 0.00000210. The minimum atomic E-state index is -1.50. The highest BCUT2D eigenvalue weighted by Crippen LogP contribution is 2.65. The lowest BCUT2D eigenvalue weighted by atomic mass is 9.46. The normalized spacial score (nSPS) is 45.3. The summed E-state index contributed by atoms with van der Waals surface area (Å²) in [5.41, 5.74) is 3.95. The minimum Gasteiger partial charge on any atom is -0.381 e. The predicted molar refractivity (Wildman–Crippen MR) is 103 cm³/mol. The fourth-order valence-electron chi connectivity index (χ4n) is 6.66. The maximum Gasteiger partial charge on any atom is 0.178 e. The van der Waals surface area contributed by atoms with Crippen molar-refractivity contribution in [2.75, 3.05) is 6.54 Å². The Morgan fingerprint density at radius 3 is 2.67 bits per heavy atom. The monoisotopic (exact) mass is 393 g/mol. The zero-order chi connectivity index (χ0) is 18.9. The summed E-state index contributed by atoms with van der Waals surface area (Å²) < 4.78 is 0. The van der Waals surface area contributed by atoms with Crippen LogP contribution in [0.1, 0.15) is 46.0 Å². The maximum atomic E-state index is 13.3. The van der Waals surface area contributed by atoms with Crippen LogP contribution in [0.2, 0.25) is 0 Å². The largest absolute Gasteiger partial charge is 0.381 e. The SMILES string of the molecule is C[C@]12C=CC(=O)C=C1CC[C@@H]1[C@@H]2C(=O)C[C@@]2(C)[C@H]1CC[C@]2(O)C(=O)CN.Cl. The van der Waals surface area contributed by atoms with Crippen LogP contribution in [0.4, 0.5) is 0 Å². The van der Waals surface area contributed by atoms with Crippen molar-refractivity contribution >= 4 is 29.8 Å². The molecular weight excluding hydrogens is 366 g/mol. The highest BCUT2D eigenvalue weighted by molar-refractivity contribution is 6.02. The average molecular weight is 394 g/mol. The number of rotatable bonds is 2. The zero-order valence-corrected chi connectivity index (χ0v) is 16.7. The van der Waals surface area contributed by atoms with Crippen molar-refractivity contribution in [3.63, 3.8) is 0 Å². The molecule has 0 aromatic rings. The Labute approximate surface area is 165 Å². The first-order chi connectivity index (χ1) is 12.2. The van der Waals surface area contributed by atoms with Gasteiger partial charge >= 0.3 is 0 Å². The van der Waals surface area contributed by atoms with Gasteiger partial charge in [-0.3, -0.25) is 14.4 Å². The number of Topliss-reactive ketones (excluding diaryl/α,β-unsaturated/α-hetero) is 2. The van der Waals surface area contributed by atoms with Crippen LogP contribution in [-0.2, 0) is 14.4 Å². The minimum absolute atomic E-state index is 0. The number of fused-ring (bicyclic) bond motifs is 5. The van der Waals surface area contributed by atoms with Crippen LogP contribution in [0, 0.1) is 28.6 Å². The molecule has 4 rings (SSSR count). The lowest BCUT2D eigenvalue weighted by molar-refractivity contribution is -0.166. The third kappa shape index (κ3) is 2.48. The second-order valence-corrected chi connectivity index (χ2v) is 9.06. The van der Waals surface area contributed by atoms with E-state index in [0.717, 1.165) is 24.8 Å². The van der Waals surface area contributed by atoms with Gasteiger partial charge in [0.1, 0.15) is 11.4 Å². The van der Waals surface area contributed by atoms with E-state index in [2.05, 4.69) is 6.92 Å². The average Bonchev–Trinajstić information content (AvgIpc) is 2.86. The summed E-state index contributed by atoms with van der Waals surface area (Å²) in [6.07, 6.45) is 8.12. The Bertz CT molecular complexity index is 774. The number of ketones is 3. The Hall–Kier alpha value is -1.30. The van der Waals surface area contributed by atoms with E-state index in [-0.39, 0.29) is 60.5 Å². The predicted octanol–water partition coefficient (Wildman–Crippen LogP) is 2.15. The highest BCUT2D eigenvalue weighted by atomic mass is 35.5. The summed E-state index contributed by atoms with van der Waals surface area (Å²) in [6.45, 7) is 3.77. The third-order valence-electron chi connectivity index (χ3n) is 8.06. The molecule has 0 bridgehead atoms. The molecular formula is C21H28ClNO4. The fraction of sp³-hybridized carbons (Fsp3) is 0.667. The van der Waals surface area contributed by atoms with Gasteiger partial charge in [-0.05, 0) is 49.7 Å². The summed E-state index contributed by atoms with van der Waals surface area (Å²) in [5, 5.41) is 11.2. The molecule has 0 aliphatic heterocycles. The van der Waals surface area contributed by atoms with Crippen molar-refractivity contribution in [3.8, 4) is 0 Å². The highest BCUT2D eigenvalue weighted by Gasteiger charge is 2.68. The van der Waals surface area contributed by atoms with Crippen molar-refractivity contribution < 1.29 is 19.5 Å². The van der Waals surface area contributed by atoms with Crippen LogP contribution in [0.25, 0.3) is 0 Å². The molecule has 0 saturated heterocycles. The van der Waals surface area contributed by atoms with E-state index in [0.29, 0.717) is 6.42 Å². The molecule has 0 aromatic heterocycles. The summed E-state index contributed by atoms with van der Waals surface area (Å²) in [4.78, 5) is 37.6. The molecule has 3 fully saturated rings. The van der Waals surface area contributed by atoms with Crippen LogP contribution >= 0.6 is 12.4 Å². The molecule has 0 unspecified atom stereocenters. The molecule has 4 aliphatic rings. The Kier molecular flexibility index (Phi) is 4.81. The van der Waals surface area contributed by atoms with Gasteiger partial charge in [0.2, 0.25) is 0 Å². The lowest BCUT2D eigenvalue weighted by Gasteiger charge is -2.56. The fourth-order valence-corrected chi connectivity index (χ4v) is 6.66. The smallest absolute Gasteiger partial charge is 0.178 e. The van der Waals surface area contributed by atoms with E-state index in [9.17, 15) is 19.5 Å².